The molecule has 0 aliphatic heterocycles. The summed E-state index contributed by atoms with van der Waals surface area (Å²) >= 11 is 0. The van der Waals surface area contributed by atoms with Crippen LogP contribution in [0.1, 0.15) is 47.8 Å². The third-order valence-electron chi connectivity index (χ3n) is 3.75. The molecule has 5 heteroatoms. The summed E-state index contributed by atoms with van der Waals surface area (Å²) in [5.41, 5.74) is 3.41. The van der Waals surface area contributed by atoms with Crippen molar-refractivity contribution in [1.29, 1.82) is 0 Å². The monoisotopic (exact) mass is 312 g/mol. The Hall–Kier alpha value is -2.43. The number of nitrogens with zero attached hydrogens (tertiary/aromatic N) is 2. The molecular weight excluding hydrogens is 288 g/mol. The van der Waals surface area contributed by atoms with E-state index >= 15 is 0 Å². The van der Waals surface area contributed by atoms with Crippen LogP contribution in [0.2, 0.25) is 0 Å². The van der Waals surface area contributed by atoms with E-state index in [0.717, 1.165) is 24.2 Å². The Morgan fingerprint density at radius 1 is 1.04 bits per heavy atom. The number of amides is 1. The van der Waals surface area contributed by atoms with E-state index in [0.29, 0.717) is 11.5 Å². The summed E-state index contributed by atoms with van der Waals surface area (Å²) < 4.78 is 0. The van der Waals surface area contributed by atoms with Crippen molar-refractivity contribution >= 4 is 17.4 Å². The summed E-state index contributed by atoms with van der Waals surface area (Å²) in [7, 11) is 0. The lowest BCUT2D eigenvalue weighted by atomic mass is 10.1. The molecule has 2 N–H and O–H groups in total. The normalized spacial score (nSPS) is 10.4. The van der Waals surface area contributed by atoms with Crippen LogP contribution in [0, 0.1) is 13.8 Å². The van der Waals surface area contributed by atoms with Gasteiger partial charge in [-0.2, -0.15) is 0 Å². The molecule has 0 unspecified atom stereocenters. The van der Waals surface area contributed by atoms with Crippen LogP contribution >= 0.6 is 0 Å². The van der Waals surface area contributed by atoms with Crippen molar-refractivity contribution in [3.63, 3.8) is 0 Å². The molecule has 0 atom stereocenters. The molecule has 122 valence electrons. The largest absolute Gasteiger partial charge is 0.369 e. The third-order valence-corrected chi connectivity index (χ3v) is 3.75. The van der Waals surface area contributed by atoms with Gasteiger partial charge in [0.2, 0.25) is 0 Å². The van der Waals surface area contributed by atoms with Crippen LogP contribution in [0.15, 0.2) is 30.3 Å². The summed E-state index contributed by atoms with van der Waals surface area (Å²) in [4.78, 5) is 12.2. The number of carbonyl (C=O) groups excluding carboxylic acids is 1. The Labute approximate surface area is 137 Å². The van der Waals surface area contributed by atoms with Gasteiger partial charge in [0.1, 0.15) is 5.82 Å². The van der Waals surface area contributed by atoms with Crippen LogP contribution in [-0.2, 0) is 0 Å². The number of carbonyl (C=O) groups is 1. The fourth-order valence-corrected chi connectivity index (χ4v) is 2.15. The number of benzene rings is 1. The van der Waals surface area contributed by atoms with Gasteiger partial charge in [-0.1, -0.05) is 25.8 Å². The fourth-order valence-electron chi connectivity index (χ4n) is 2.15. The first-order valence-corrected chi connectivity index (χ1v) is 8.06. The summed E-state index contributed by atoms with van der Waals surface area (Å²) in [5, 5.41) is 14.1. The molecule has 2 aromatic rings. The van der Waals surface area contributed by atoms with E-state index in [2.05, 4.69) is 27.8 Å². The van der Waals surface area contributed by atoms with E-state index in [4.69, 9.17) is 0 Å². The van der Waals surface area contributed by atoms with E-state index in [1.165, 1.54) is 18.4 Å². The molecule has 0 bridgehead atoms. The van der Waals surface area contributed by atoms with Crippen LogP contribution in [0.25, 0.3) is 0 Å². The van der Waals surface area contributed by atoms with Crippen molar-refractivity contribution in [2.24, 2.45) is 0 Å². The lowest BCUT2D eigenvalue weighted by Crippen LogP contribution is -2.15. The smallest absolute Gasteiger partial charge is 0.276 e. The number of hydrogen-bond acceptors (Lipinski definition) is 4. The highest BCUT2D eigenvalue weighted by Crippen LogP contribution is 2.15. The highest BCUT2D eigenvalue weighted by molar-refractivity contribution is 6.02. The molecule has 0 saturated carbocycles. The minimum absolute atomic E-state index is 0.252. The minimum Gasteiger partial charge on any atom is -0.369 e. The second kappa shape index (κ2) is 8.27. The Kier molecular flexibility index (Phi) is 6.09. The lowest BCUT2D eigenvalue weighted by molar-refractivity contribution is 0.102. The summed E-state index contributed by atoms with van der Waals surface area (Å²) in [6, 6.07) is 9.29. The van der Waals surface area contributed by atoms with Crippen molar-refractivity contribution < 1.29 is 4.79 Å². The van der Waals surface area contributed by atoms with Gasteiger partial charge in [-0.05, 0) is 55.7 Å². The van der Waals surface area contributed by atoms with Gasteiger partial charge in [0, 0.05) is 12.2 Å². The number of unbranched alkanes of at least 4 members (excludes halogenated alkanes) is 2. The summed E-state index contributed by atoms with van der Waals surface area (Å²) in [6.07, 6.45) is 3.48. The molecule has 0 aliphatic carbocycles. The summed E-state index contributed by atoms with van der Waals surface area (Å²) in [6.45, 7) is 7.10. The van der Waals surface area contributed by atoms with Crippen LogP contribution in [0.3, 0.4) is 0 Å². The first-order valence-electron chi connectivity index (χ1n) is 8.06. The standard InChI is InChI=1S/C18H24N4O/c1-4-5-6-11-19-17-10-9-16(21-22-17)18(23)20-15-8-7-13(2)14(3)12-15/h7-10,12H,4-6,11H2,1-3H3,(H,19,22)(H,20,23). The zero-order valence-corrected chi connectivity index (χ0v) is 14.0. The average Bonchev–Trinajstić information content (AvgIpc) is 2.55. The SMILES string of the molecule is CCCCCNc1ccc(C(=O)Nc2ccc(C)c(C)c2)nn1. The van der Waals surface area contributed by atoms with Crippen molar-refractivity contribution in [3.8, 4) is 0 Å². The third kappa shape index (κ3) is 5.06. The highest BCUT2D eigenvalue weighted by Gasteiger charge is 2.09. The van der Waals surface area contributed by atoms with Gasteiger partial charge in [-0.3, -0.25) is 4.79 Å². The number of aromatic nitrogens is 2. The molecule has 0 fully saturated rings. The molecule has 1 aromatic heterocycles. The molecule has 5 nitrogen and oxygen atoms in total. The maximum atomic E-state index is 12.2. The van der Waals surface area contributed by atoms with Crippen LogP contribution in [0.4, 0.5) is 11.5 Å². The zero-order chi connectivity index (χ0) is 16.7. The maximum Gasteiger partial charge on any atom is 0.276 e. The van der Waals surface area contributed by atoms with Crippen molar-refractivity contribution in [3.05, 3.63) is 47.2 Å². The van der Waals surface area contributed by atoms with Gasteiger partial charge in [-0.25, -0.2) is 0 Å². The second-order valence-corrected chi connectivity index (χ2v) is 5.69. The molecule has 1 amide bonds. The molecule has 2 rings (SSSR count). The number of rotatable bonds is 7. The fraction of sp³-hybridized carbons (Fsp3) is 0.389. The van der Waals surface area contributed by atoms with Gasteiger partial charge in [0.05, 0.1) is 0 Å². The Balaban J connectivity index is 1.93. The quantitative estimate of drug-likeness (QED) is 0.760. The molecule has 0 aliphatic rings. The average molecular weight is 312 g/mol. The van der Waals surface area contributed by atoms with Gasteiger partial charge < -0.3 is 10.6 Å². The van der Waals surface area contributed by atoms with Gasteiger partial charge >= 0.3 is 0 Å². The molecule has 0 spiro atoms. The maximum absolute atomic E-state index is 12.2. The molecule has 23 heavy (non-hydrogen) atoms. The lowest BCUT2D eigenvalue weighted by Gasteiger charge is -2.08. The van der Waals surface area contributed by atoms with Gasteiger partial charge in [-0.15, -0.1) is 10.2 Å². The van der Waals surface area contributed by atoms with Crippen LogP contribution < -0.4 is 10.6 Å². The highest BCUT2D eigenvalue weighted by atomic mass is 16.1. The van der Waals surface area contributed by atoms with Crippen LogP contribution in [0.5, 0.6) is 0 Å². The zero-order valence-electron chi connectivity index (χ0n) is 14.0. The Morgan fingerprint density at radius 2 is 1.87 bits per heavy atom. The van der Waals surface area contributed by atoms with Crippen molar-refractivity contribution in [1.82, 2.24) is 10.2 Å². The van der Waals surface area contributed by atoms with E-state index in [1.807, 2.05) is 32.0 Å². The van der Waals surface area contributed by atoms with Gasteiger partial charge in [0.25, 0.3) is 5.91 Å². The molecule has 1 heterocycles. The predicted octanol–water partition coefficient (Wildman–Crippen LogP) is 3.95. The number of nitrogens with one attached hydrogen (secondary N) is 2. The van der Waals surface area contributed by atoms with Crippen molar-refractivity contribution in [2.75, 3.05) is 17.2 Å². The summed E-state index contributed by atoms with van der Waals surface area (Å²) in [5.74, 6) is 0.446. The Bertz CT molecular complexity index is 653. The second-order valence-electron chi connectivity index (χ2n) is 5.69. The first-order chi connectivity index (χ1) is 11.1. The molecule has 1 aromatic carbocycles. The van der Waals surface area contributed by atoms with E-state index in [9.17, 15) is 4.79 Å². The van der Waals surface area contributed by atoms with E-state index in [1.54, 1.807) is 12.1 Å². The number of aryl methyl sites for hydroxylation is 2. The molecule has 0 radical (unpaired) electrons. The Morgan fingerprint density at radius 3 is 2.52 bits per heavy atom. The molecular formula is C18H24N4O. The van der Waals surface area contributed by atoms with Gasteiger partial charge in [0.15, 0.2) is 5.69 Å². The van der Waals surface area contributed by atoms with E-state index < -0.39 is 0 Å². The van der Waals surface area contributed by atoms with Crippen molar-refractivity contribution in [2.45, 2.75) is 40.0 Å². The van der Waals surface area contributed by atoms with E-state index in [-0.39, 0.29) is 5.91 Å². The molecule has 0 saturated heterocycles. The number of anilines is 2. The van der Waals surface area contributed by atoms with Crippen LogP contribution in [-0.4, -0.2) is 22.6 Å². The predicted molar refractivity (Wildman–Crippen MR) is 93.9 cm³/mol. The minimum atomic E-state index is -0.252. The number of hydrogen-bond donors (Lipinski definition) is 2. The topological polar surface area (TPSA) is 66.9 Å². The first kappa shape index (κ1) is 16.9.